The predicted octanol–water partition coefficient (Wildman–Crippen LogP) is 3.13. The number of anilines is 1. The molecule has 4 heteroatoms. The molecule has 2 heterocycles. The molecule has 2 aromatic carbocycles. The van der Waals surface area contributed by atoms with Crippen molar-refractivity contribution in [3.05, 3.63) is 60.8 Å². The molecule has 0 aliphatic carbocycles. The van der Waals surface area contributed by atoms with E-state index in [-0.39, 0.29) is 0 Å². The minimum Gasteiger partial charge on any atom is -0.399 e. The number of aromatic nitrogens is 3. The number of nitrogens with zero attached hydrogens (tertiary/aromatic N) is 3. The molecule has 0 saturated carbocycles. The lowest BCUT2D eigenvalue weighted by atomic mass is 10.1. The van der Waals surface area contributed by atoms with Crippen LogP contribution in [0.15, 0.2) is 60.8 Å². The van der Waals surface area contributed by atoms with Gasteiger partial charge in [0.15, 0.2) is 0 Å². The molecule has 4 aromatic rings. The monoisotopic (exact) mass is 260 g/mol. The van der Waals surface area contributed by atoms with E-state index in [2.05, 4.69) is 9.97 Å². The van der Waals surface area contributed by atoms with Crippen LogP contribution in [0.3, 0.4) is 0 Å². The molecule has 0 fully saturated rings. The van der Waals surface area contributed by atoms with E-state index in [0.29, 0.717) is 5.78 Å². The molecular weight excluding hydrogens is 248 g/mol. The molecular formula is C16H12N4. The van der Waals surface area contributed by atoms with E-state index in [1.54, 1.807) is 0 Å². The zero-order valence-electron chi connectivity index (χ0n) is 10.7. The zero-order chi connectivity index (χ0) is 13.5. The van der Waals surface area contributed by atoms with Crippen molar-refractivity contribution in [2.75, 3.05) is 5.73 Å². The van der Waals surface area contributed by atoms with E-state index in [9.17, 15) is 0 Å². The smallest absolute Gasteiger partial charge is 0.235 e. The average Bonchev–Trinajstić information content (AvgIpc) is 2.85. The molecule has 0 spiro atoms. The Labute approximate surface area is 115 Å². The van der Waals surface area contributed by atoms with Gasteiger partial charge in [-0.3, -0.25) is 4.40 Å². The number of hydrogen-bond acceptors (Lipinski definition) is 3. The fraction of sp³-hybridized carbons (Fsp3) is 0. The van der Waals surface area contributed by atoms with Crippen LogP contribution in [0.4, 0.5) is 5.69 Å². The minimum absolute atomic E-state index is 0.709. The van der Waals surface area contributed by atoms with Gasteiger partial charge in [-0.25, -0.2) is 9.97 Å². The van der Waals surface area contributed by atoms with Crippen LogP contribution in [0, 0.1) is 0 Å². The fourth-order valence-corrected chi connectivity index (χ4v) is 2.36. The first-order valence-corrected chi connectivity index (χ1v) is 6.41. The fourth-order valence-electron chi connectivity index (χ4n) is 2.36. The molecule has 20 heavy (non-hydrogen) atoms. The molecule has 2 N–H and O–H groups in total. The van der Waals surface area contributed by atoms with Gasteiger partial charge in [0.2, 0.25) is 5.78 Å². The molecule has 0 unspecified atom stereocenters. The maximum absolute atomic E-state index is 5.71. The standard InChI is InChI=1S/C16H12N4/c17-12-7-5-11(6-8-12)13-9-10-20-15-4-2-1-3-14(15)19-16(20)18-13/h1-10H,17H2. The summed E-state index contributed by atoms with van der Waals surface area (Å²) in [6, 6.07) is 17.7. The SMILES string of the molecule is Nc1ccc(-c2ccn3c(n2)nc2ccccc23)cc1. The summed E-state index contributed by atoms with van der Waals surface area (Å²) in [4.78, 5) is 9.17. The van der Waals surface area contributed by atoms with Gasteiger partial charge in [0.05, 0.1) is 16.7 Å². The minimum atomic E-state index is 0.709. The Balaban J connectivity index is 1.94. The van der Waals surface area contributed by atoms with Crippen molar-refractivity contribution in [1.29, 1.82) is 0 Å². The van der Waals surface area contributed by atoms with E-state index in [1.807, 2.05) is 65.2 Å². The van der Waals surface area contributed by atoms with E-state index in [4.69, 9.17) is 5.73 Å². The van der Waals surface area contributed by atoms with Gasteiger partial charge >= 0.3 is 0 Å². The van der Waals surface area contributed by atoms with Crippen LogP contribution in [0.1, 0.15) is 0 Å². The maximum atomic E-state index is 5.71. The number of rotatable bonds is 1. The molecule has 0 aliphatic heterocycles. The van der Waals surface area contributed by atoms with Crippen LogP contribution in [-0.2, 0) is 0 Å². The van der Waals surface area contributed by atoms with Crippen LogP contribution in [0.5, 0.6) is 0 Å². The van der Waals surface area contributed by atoms with Gasteiger partial charge in [-0.05, 0) is 30.3 Å². The molecule has 0 atom stereocenters. The number of benzene rings is 2. The third-order valence-electron chi connectivity index (χ3n) is 3.39. The summed E-state index contributed by atoms with van der Waals surface area (Å²) < 4.78 is 2.00. The van der Waals surface area contributed by atoms with E-state index in [1.165, 1.54) is 0 Å². The molecule has 4 rings (SSSR count). The predicted molar refractivity (Wildman–Crippen MR) is 80.3 cm³/mol. The molecule has 0 bridgehead atoms. The summed E-state index contributed by atoms with van der Waals surface area (Å²) in [5, 5.41) is 0. The van der Waals surface area contributed by atoms with Gasteiger partial charge in [0.1, 0.15) is 0 Å². The van der Waals surface area contributed by atoms with Gasteiger partial charge in [-0.1, -0.05) is 24.3 Å². The Morgan fingerprint density at radius 1 is 0.850 bits per heavy atom. The topological polar surface area (TPSA) is 56.2 Å². The highest BCUT2D eigenvalue weighted by Gasteiger charge is 2.06. The summed E-state index contributed by atoms with van der Waals surface area (Å²) in [5.74, 6) is 0.709. The Morgan fingerprint density at radius 2 is 1.65 bits per heavy atom. The Bertz CT molecular complexity index is 907. The van der Waals surface area contributed by atoms with Crippen molar-refractivity contribution in [2.45, 2.75) is 0 Å². The summed E-state index contributed by atoms with van der Waals surface area (Å²) in [7, 11) is 0. The van der Waals surface area contributed by atoms with Crippen molar-refractivity contribution < 1.29 is 0 Å². The first-order chi connectivity index (χ1) is 9.81. The van der Waals surface area contributed by atoms with Crippen molar-refractivity contribution in [1.82, 2.24) is 14.4 Å². The number of imidazole rings is 1. The summed E-state index contributed by atoms with van der Waals surface area (Å²) >= 11 is 0. The van der Waals surface area contributed by atoms with Crippen molar-refractivity contribution in [2.24, 2.45) is 0 Å². The van der Waals surface area contributed by atoms with E-state index in [0.717, 1.165) is 28.0 Å². The van der Waals surface area contributed by atoms with Crippen LogP contribution < -0.4 is 5.73 Å². The number of nitrogens with two attached hydrogens (primary N) is 1. The molecule has 96 valence electrons. The largest absolute Gasteiger partial charge is 0.399 e. The third kappa shape index (κ3) is 1.62. The quantitative estimate of drug-likeness (QED) is 0.535. The number of nitrogen functional groups attached to an aromatic ring is 1. The van der Waals surface area contributed by atoms with Gasteiger partial charge in [-0.15, -0.1) is 0 Å². The van der Waals surface area contributed by atoms with Gasteiger partial charge in [-0.2, -0.15) is 0 Å². The molecule has 0 aliphatic rings. The van der Waals surface area contributed by atoms with Crippen molar-refractivity contribution >= 4 is 22.5 Å². The summed E-state index contributed by atoms with van der Waals surface area (Å²) in [6.07, 6.45) is 2.00. The lowest BCUT2D eigenvalue weighted by molar-refractivity contribution is 1.14. The maximum Gasteiger partial charge on any atom is 0.235 e. The van der Waals surface area contributed by atoms with Crippen molar-refractivity contribution in [3.63, 3.8) is 0 Å². The first-order valence-electron chi connectivity index (χ1n) is 6.41. The average molecular weight is 260 g/mol. The molecule has 0 saturated heterocycles. The van der Waals surface area contributed by atoms with Crippen molar-refractivity contribution in [3.8, 4) is 11.3 Å². The van der Waals surface area contributed by atoms with Crippen LogP contribution in [0.25, 0.3) is 28.1 Å². The Kier molecular flexibility index (Phi) is 2.23. The first kappa shape index (κ1) is 11.0. The van der Waals surface area contributed by atoms with Crippen LogP contribution in [0.2, 0.25) is 0 Å². The summed E-state index contributed by atoms with van der Waals surface area (Å²) in [5.41, 5.74) is 10.4. The third-order valence-corrected chi connectivity index (χ3v) is 3.39. The van der Waals surface area contributed by atoms with Gasteiger partial charge < -0.3 is 5.73 Å². The van der Waals surface area contributed by atoms with Gasteiger partial charge in [0.25, 0.3) is 0 Å². The summed E-state index contributed by atoms with van der Waals surface area (Å²) in [6.45, 7) is 0. The zero-order valence-corrected chi connectivity index (χ0v) is 10.7. The highest BCUT2D eigenvalue weighted by Crippen LogP contribution is 2.21. The second kappa shape index (κ2) is 4.06. The van der Waals surface area contributed by atoms with E-state index >= 15 is 0 Å². The lowest BCUT2D eigenvalue weighted by Crippen LogP contribution is -1.91. The highest BCUT2D eigenvalue weighted by atomic mass is 15.1. The molecule has 2 aromatic heterocycles. The highest BCUT2D eigenvalue weighted by molar-refractivity contribution is 5.80. The number of para-hydroxylation sites is 2. The van der Waals surface area contributed by atoms with Crippen LogP contribution >= 0.6 is 0 Å². The van der Waals surface area contributed by atoms with Gasteiger partial charge in [0, 0.05) is 17.4 Å². The Hall–Kier alpha value is -2.88. The van der Waals surface area contributed by atoms with E-state index < -0.39 is 0 Å². The molecule has 0 amide bonds. The Morgan fingerprint density at radius 3 is 2.50 bits per heavy atom. The number of fused-ring (bicyclic) bond motifs is 3. The second-order valence-corrected chi connectivity index (χ2v) is 4.71. The second-order valence-electron chi connectivity index (χ2n) is 4.71. The van der Waals surface area contributed by atoms with Crippen LogP contribution in [-0.4, -0.2) is 14.4 Å². The normalized spacial score (nSPS) is 11.2. The number of hydrogen-bond donors (Lipinski definition) is 1. The molecule has 0 radical (unpaired) electrons. The molecule has 4 nitrogen and oxygen atoms in total. The lowest BCUT2D eigenvalue weighted by Gasteiger charge is -2.02.